The molecule has 1 aromatic heterocycles. The first-order valence-corrected chi connectivity index (χ1v) is 7.36. The van der Waals surface area contributed by atoms with Gasteiger partial charge in [-0.05, 0) is 12.1 Å². The minimum absolute atomic E-state index is 0.155. The Labute approximate surface area is 138 Å². The average molecular weight is 343 g/mol. The topological polar surface area (TPSA) is 64.4 Å². The zero-order chi connectivity index (χ0) is 16.3. The summed E-state index contributed by atoms with van der Waals surface area (Å²) in [5.74, 6) is 0.237. The van der Waals surface area contributed by atoms with E-state index in [0.29, 0.717) is 15.8 Å². The fourth-order valence-electron chi connectivity index (χ4n) is 1.59. The Balaban J connectivity index is 1.93. The molecule has 0 unspecified atom stereocenters. The number of aromatic nitrogens is 1. The lowest BCUT2D eigenvalue weighted by molar-refractivity contribution is -0.118. The first kappa shape index (κ1) is 16.6. The summed E-state index contributed by atoms with van der Waals surface area (Å²) in [6.45, 7) is 5.79. The Morgan fingerprint density at radius 1 is 1.32 bits per heavy atom. The standard InChI is InChI=1S/C15H16Cl2N2O3/c1-15(2,3)12-7-14(22-19-12)18-13(20)8-21-11-6-9(16)4-5-10(11)17/h4-7H,8H2,1-3H3,(H,18,20). The summed E-state index contributed by atoms with van der Waals surface area (Å²) in [5.41, 5.74) is 0.596. The first-order chi connectivity index (χ1) is 10.3. The molecule has 0 radical (unpaired) electrons. The van der Waals surface area contributed by atoms with Crippen LogP contribution in [0.15, 0.2) is 28.8 Å². The van der Waals surface area contributed by atoms with E-state index in [1.807, 2.05) is 20.8 Å². The number of hydrogen-bond acceptors (Lipinski definition) is 4. The highest BCUT2D eigenvalue weighted by Gasteiger charge is 2.19. The van der Waals surface area contributed by atoms with Gasteiger partial charge in [0.1, 0.15) is 5.75 Å². The van der Waals surface area contributed by atoms with E-state index in [2.05, 4.69) is 10.5 Å². The van der Waals surface area contributed by atoms with Crippen molar-refractivity contribution < 1.29 is 14.1 Å². The van der Waals surface area contributed by atoms with E-state index in [-0.39, 0.29) is 23.8 Å². The van der Waals surface area contributed by atoms with Gasteiger partial charge < -0.3 is 9.26 Å². The highest BCUT2D eigenvalue weighted by molar-refractivity contribution is 6.34. The van der Waals surface area contributed by atoms with Gasteiger partial charge in [0.15, 0.2) is 6.61 Å². The number of carbonyl (C=O) groups excluding carboxylic acids is 1. The summed E-state index contributed by atoms with van der Waals surface area (Å²) >= 11 is 11.8. The summed E-state index contributed by atoms with van der Waals surface area (Å²) in [7, 11) is 0. The third-order valence-electron chi connectivity index (χ3n) is 2.79. The Morgan fingerprint density at radius 3 is 2.68 bits per heavy atom. The normalized spacial score (nSPS) is 11.3. The zero-order valence-corrected chi connectivity index (χ0v) is 14.0. The quantitative estimate of drug-likeness (QED) is 0.899. The number of amides is 1. The van der Waals surface area contributed by atoms with E-state index in [1.165, 1.54) is 0 Å². The van der Waals surface area contributed by atoms with Crippen LogP contribution in [-0.4, -0.2) is 17.7 Å². The third kappa shape index (κ3) is 4.39. The Bertz CT molecular complexity index is 678. The number of rotatable bonds is 4. The second kappa shape index (κ2) is 6.58. The average Bonchev–Trinajstić information content (AvgIpc) is 2.88. The number of carbonyl (C=O) groups is 1. The number of anilines is 1. The van der Waals surface area contributed by atoms with Crippen LogP contribution in [0.3, 0.4) is 0 Å². The Kier molecular flexibility index (Phi) is 4.98. The third-order valence-corrected chi connectivity index (χ3v) is 3.34. The van der Waals surface area contributed by atoms with Crippen molar-refractivity contribution in [2.24, 2.45) is 0 Å². The van der Waals surface area contributed by atoms with Crippen molar-refractivity contribution in [2.75, 3.05) is 11.9 Å². The molecule has 0 spiro atoms. The molecule has 1 heterocycles. The molecule has 0 aliphatic heterocycles. The van der Waals surface area contributed by atoms with Crippen molar-refractivity contribution in [3.63, 3.8) is 0 Å². The molecule has 5 nitrogen and oxygen atoms in total. The van der Waals surface area contributed by atoms with Gasteiger partial charge in [-0.1, -0.05) is 49.1 Å². The monoisotopic (exact) mass is 342 g/mol. The molecule has 0 fully saturated rings. The van der Waals surface area contributed by atoms with E-state index in [0.717, 1.165) is 5.69 Å². The van der Waals surface area contributed by atoms with E-state index >= 15 is 0 Å². The lowest BCUT2D eigenvalue weighted by atomic mass is 9.92. The lowest BCUT2D eigenvalue weighted by Gasteiger charge is -2.12. The largest absolute Gasteiger partial charge is 0.482 e. The van der Waals surface area contributed by atoms with Crippen molar-refractivity contribution in [2.45, 2.75) is 26.2 Å². The number of hydrogen-bond donors (Lipinski definition) is 1. The predicted molar refractivity (Wildman–Crippen MR) is 85.8 cm³/mol. The van der Waals surface area contributed by atoms with Crippen LogP contribution in [0.5, 0.6) is 5.75 Å². The molecule has 0 bridgehead atoms. The maximum absolute atomic E-state index is 11.8. The molecule has 0 saturated carbocycles. The molecule has 1 N–H and O–H groups in total. The number of ether oxygens (including phenoxy) is 1. The summed E-state index contributed by atoms with van der Waals surface area (Å²) in [6, 6.07) is 6.47. The minimum Gasteiger partial charge on any atom is -0.482 e. The van der Waals surface area contributed by atoms with Gasteiger partial charge in [-0.2, -0.15) is 0 Å². The molecule has 0 atom stereocenters. The van der Waals surface area contributed by atoms with Gasteiger partial charge in [-0.3, -0.25) is 10.1 Å². The SMILES string of the molecule is CC(C)(C)c1cc(NC(=O)COc2cc(Cl)ccc2Cl)on1. The van der Waals surface area contributed by atoms with E-state index < -0.39 is 0 Å². The van der Waals surface area contributed by atoms with Crippen molar-refractivity contribution in [3.8, 4) is 5.75 Å². The van der Waals surface area contributed by atoms with Crippen molar-refractivity contribution in [3.05, 3.63) is 40.0 Å². The van der Waals surface area contributed by atoms with E-state index in [1.54, 1.807) is 24.3 Å². The van der Waals surface area contributed by atoms with Gasteiger partial charge in [-0.25, -0.2) is 0 Å². The number of nitrogens with zero attached hydrogens (tertiary/aromatic N) is 1. The molecular formula is C15H16Cl2N2O3. The number of benzene rings is 1. The van der Waals surface area contributed by atoms with Crippen LogP contribution in [-0.2, 0) is 10.2 Å². The Hall–Kier alpha value is -1.72. The van der Waals surface area contributed by atoms with E-state index in [4.69, 9.17) is 32.5 Å². The summed E-state index contributed by atoms with van der Waals surface area (Å²) in [4.78, 5) is 11.8. The fourth-order valence-corrected chi connectivity index (χ4v) is 1.93. The molecule has 1 amide bonds. The highest BCUT2D eigenvalue weighted by Crippen LogP contribution is 2.27. The predicted octanol–water partition coefficient (Wildman–Crippen LogP) is 4.30. The number of halogens is 2. The minimum atomic E-state index is -0.382. The first-order valence-electron chi connectivity index (χ1n) is 6.60. The molecule has 2 aromatic rings. The van der Waals surface area contributed by atoms with Crippen LogP contribution in [0.1, 0.15) is 26.5 Å². The van der Waals surface area contributed by atoms with Gasteiger partial charge in [-0.15, -0.1) is 0 Å². The molecule has 22 heavy (non-hydrogen) atoms. The van der Waals surface area contributed by atoms with Crippen LogP contribution in [0.4, 0.5) is 5.88 Å². The van der Waals surface area contributed by atoms with Crippen LogP contribution >= 0.6 is 23.2 Å². The smallest absolute Gasteiger partial charge is 0.264 e. The van der Waals surface area contributed by atoms with Gasteiger partial charge in [0, 0.05) is 22.6 Å². The van der Waals surface area contributed by atoms with Gasteiger partial charge >= 0.3 is 0 Å². The molecule has 7 heteroatoms. The van der Waals surface area contributed by atoms with Crippen molar-refractivity contribution in [1.82, 2.24) is 5.16 Å². The maximum Gasteiger partial charge on any atom is 0.264 e. The summed E-state index contributed by atoms with van der Waals surface area (Å²) in [5, 5.41) is 7.34. The lowest BCUT2D eigenvalue weighted by Crippen LogP contribution is -2.20. The van der Waals surface area contributed by atoms with Gasteiger partial charge in [0.05, 0.1) is 10.7 Å². The van der Waals surface area contributed by atoms with Gasteiger partial charge in [0.25, 0.3) is 5.91 Å². The van der Waals surface area contributed by atoms with Crippen LogP contribution in [0.25, 0.3) is 0 Å². The molecule has 118 valence electrons. The molecule has 0 aliphatic rings. The zero-order valence-electron chi connectivity index (χ0n) is 12.4. The highest BCUT2D eigenvalue weighted by atomic mass is 35.5. The van der Waals surface area contributed by atoms with Crippen LogP contribution < -0.4 is 10.1 Å². The molecular weight excluding hydrogens is 327 g/mol. The molecule has 0 saturated heterocycles. The second-order valence-electron chi connectivity index (χ2n) is 5.74. The van der Waals surface area contributed by atoms with Gasteiger partial charge in [0.2, 0.25) is 5.88 Å². The summed E-state index contributed by atoms with van der Waals surface area (Å²) in [6.07, 6.45) is 0. The molecule has 1 aromatic carbocycles. The second-order valence-corrected chi connectivity index (χ2v) is 6.58. The summed E-state index contributed by atoms with van der Waals surface area (Å²) < 4.78 is 10.4. The molecule has 0 aliphatic carbocycles. The molecule has 2 rings (SSSR count). The van der Waals surface area contributed by atoms with E-state index in [9.17, 15) is 4.79 Å². The number of nitrogens with one attached hydrogen (secondary N) is 1. The van der Waals surface area contributed by atoms with Crippen molar-refractivity contribution >= 4 is 35.0 Å². The van der Waals surface area contributed by atoms with Crippen LogP contribution in [0, 0.1) is 0 Å². The Morgan fingerprint density at radius 2 is 2.05 bits per heavy atom. The fraction of sp³-hybridized carbons (Fsp3) is 0.333. The maximum atomic E-state index is 11.8. The van der Waals surface area contributed by atoms with Crippen LogP contribution in [0.2, 0.25) is 10.0 Å². The van der Waals surface area contributed by atoms with Crippen molar-refractivity contribution in [1.29, 1.82) is 0 Å².